The van der Waals surface area contributed by atoms with Crippen LogP contribution in [0.25, 0.3) is 0 Å². The van der Waals surface area contributed by atoms with Crippen LogP contribution < -0.4 is 10.6 Å². The highest BCUT2D eigenvalue weighted by Crippen LogP contribution is 2.37. The van der Waals surface area contributed by atoms with E-state index in [-0.39, 0.29) is 0 Å². The van der Waals surface area contributed by atoms with Crippen molar-refractivity contribution in [3.05, 3.63) is 22.4 Å². The van der Waals surface area contributed by atoms with E-state index in [2.05, 4.69) is 47.0 Å². The van der Waals surface area contributed by atoms with Gasteiger partial charge in [0, 0.05) is 37.2 Å². The minimum absolute atomic E-state index is 0.494. The van der Waals surface area contributed by atoms with Gasteiger partial charge in [0.05, 0.1) is 6.61 Å². The first-order chi connectivity index (χ1) is 11.8. The Morgan fingerprint density at radius 1 is 1.42 bits per heavy atom. The van der Waals surface area contributed by atoms with Crippen LogP contribution >= 0.6 is 11.3 Å². The van der Waals surface area contributed by atoms with Gasteiger partial charge < -0.3 is 15.4 Å². The Bertz CT molecular complexity index is 477. The van der Waals surface area contributed by atoms with Crippen LogP contribution in [0.1, 0.15) is 37.6 Å². The molecule has 2 atom stereocenters. The zero-order chi connectivity index (χ0) is 17.2. The standard InChI is InChI=1S/C18H32N4OS/c1-4-19-18(20-10-12-23-5-2)21-14-15-8-6-11-22(3)17(15)16-9-7-13-24-16/h7,9,13,15,17H,4-6,8,10-12,14H2,1-3H3,(H2,19,20,21). The first-order valence-corrected chi connectivity index (χ1v) is 9.97. The number of aliphatic imine (C=N–C) groups is 1. The van der Waals surface area contributed by atoms with Crippen LogP contribution in [0.5, 0.6) is 0 Å². The van der Waals surface area contributed by atoms with E-state index in [4.69, 9.17) is 9.73 Å². The monoisotopic (exact) mass is 352 g/mol. The average Bonchev–Trinajstić information content (AvgIpc) is 3.10. The first-order valence-electron chi connectivity index (χ1n) is 9.09. The third-order valence-corrected chi connectivity index (χ3v) is 5.36. The lowest BCUT2D eigenvalue weighted by molar-refractivity contribution is 0.128. The van der Waals surface area contributed by atoms with Crippen LogP contribution in [0.4, 0.5) is 0 Å². The summed E-state index contributed by atoms with van der Waals surface area (Å²) in [6, 6.07) is 4.91. The Hall–Kier alpha value is -1.11. The Balaban J connectivity index is 1.96. The molecule has 1 aromatic heterocycles. The molecule has 0 amide bonds. The fourth-order valence-corrected chi connectivity index (χ4v) is 4.28. The number of nitrogens with zero attached hydrogens (tertiary/aromatic N) is 2. The number of guanidine groups is 1. The third kappa shape index (κ3) is 5.76. The zero-order valence-electron chi connectivity index (χ0n) is 15.3. The van der Waals surface area contributed by atoms with Crippen molar-refractivity contribution in [2.45, 2.75) is 32.7 Å². The summed E-state index contributed by atoms with van der Waals surface area (Å²) in [5, 5.41) is 8.87. The van der Waals surface area contributed by atoms with Gasteiger partial charge in [0.1, 0.15) is 0 Å². The summed E-state index contributed by atoms with van der Waals surface area (Å²) in [7, 11) is 2.24. The molecule has 0 bridgehead atoms. The van der Waals surface area contributed by atoms with E-state index in [9.17, 15) is 0 Å². The molecule has 6 heteroatoms. The number of likely N-dealkylation sites (tertiary alicyclic amines) is 1. The maximum absolute atomic E-state index is 5.39. The normalized spacial score (nSPS) is 22.5. The molecule has 2 heterocycles. The van der Waals surface area contributed by atoms with Crippen LogP contribution in [-0.2, 0) is 4.74 Å². The van der Waals surface area contributed by atoms with E-state index in [1.807, 2.05) is 18.3 Å². The SMILES string of the molecule is CCNC(=NCC1CCCN(C)C1c1cccs1)NCCOCC. The molecule has 1 aliphatic heterocycles. The molecular formula is C18H32N4OS. The fraction of sp³-hybridized carbons (Fsp3) is 0.722. The molecule has 1 fully saturated rings. The van der Waals surface area contributed by atoms with E-state index in [0.717, 1.165) is 32.2 Å². The maximum atomic E-state index is 5.39. The molecule has 0 radical (unpaired) electrons. The molecule has 1 saturated heterocycles. The van der Waals surface area contributed by atoms with E-state index >= 15 is 0 Å². The lowest BCUT2D eigenvalue weighted by Gasteiger charge is -2.38. The van der Waals surface area contributed by atoms with Crippen LogP contribution in [0.3, 0.4) is 0 Å². The number of hydrogen-bond donors (Lipinski definition) is 2. The number of nitrogens with one attached hydrogen (secondary N) is 2. The number of piperidine rings is 1. The number of hydrogen-bond acceptors (Lipinski definition) is 4. The van der Waals surface area contributed by atoms with Gasteiger partial charge in [-0.05, 0) is 57.6 Å². The molecule has 0 saturated carbocycles. The lowest BCUT2D eigenvalue weighted by atomic mass is 9.88. The van der Waals surface area contributed by atoms with E-state index < -0.39 is 0 Å². The molecule has 0 aromatic carbocycles. The van der Waals surface area contributed by atoms with Gasteiger partial charge in [-0.1, -0.05) is 6.07 Å². The van der Waals surface area contributed by atoms with Gasteiger partial charge in [-0.15, -0.1) is 11.3 Å². The molecule has 0 aliphatic carbocycles. The number of rotatable bonds is 8. The molecule has 136 valence electrons. The Labute approximate surface area is 150 Å². The summed E-state index contributed by atoms with van der Waals surface area (Å²) >= 11 is 1.86. The molecular weight excluding hydrogens is 320 g/mol. The van der Waals surface area contributed by atoms with Crippen molar-refractivity contribution < 1.29 is 4.74 Å². The quantitative estimate of drug-likeness (QED) is 0.429. The summed E-state index contributed by atoms with van der Waals surface area (Å²) < 4.78 is 5.39. The average molecular weight is 353 g/mol. The van der Waals surface area contributed by atoms with Gasteiger partial charge in [-0.3, -0.25) is 9.89 Å². The van der Waals surface area contributed by atoms with Gasteiger partial charge in [-0.25, -0.2) is 0 Å². The number of thiophene rings is 1. The highest BCUT2D eigenvalue weighted by molar-refractivity contribution is 7.10. The molecule has 0 spiro atoms. The van der Waals surface area contributed by atoms with Crippen molar-refractivity contribution in [1.82, 2.24) is 15.5 Å². The highest BCUT2D eigenvalue weighted by Gasteiger charge is 2.31. The molecule has 5 nitrogen and oxygen atoms in total. The summed E-state index contributed by atoms with van der Waals surface area (Å²) in [5.41, 5.74) is 0. The fourth-order valence-electron chi connectivity index (χ4n) is 3.30. The molecule has 1 aliphatic rings. The van der Waals surface area contributed by atoms with Crippen molar-refractivity contribution >= 4 is 17.3 Å². The van der Waals surface area contributed by atoms with Crippen LogP contribution in [0.15, 0.2) is 22.5 Å². The largest absolute Gasteiger partial charge is 0.380 e. The maximum Gasteiger partial charge on any atom is 0.191 e. The van der Waals surface area contributed by atoms with E-state index in [0.29, 0.717) is 18.6 Å². The summed E-state index contributed by atoms with van der Waals surface area (Å²) in [6.45, 7) is 9.29. The molecule has 2 N–H and O–H groups in total. The molecule has 2 rings (SSSR count). The van der Waals surface area contributed by atoms with Gasteiger partial charge >= 0.3 is 0 Å². The summed E-state index contributed by atoms with van der Waals surface area (Å²) in [4.78, 5) is 8.80. The smallest absolute Gasteiger partial charge is 0.191 e. The predicted molar refractivity (Wildman–Crippen MR) is 103 cm³/mol. The summed E-state index contributed by atoms with van der Waals surface area (Å²) in [5.74, 6) is 1.47. The zero-order valence-corrected chi connectivity index (χ0v) is 16.1. The van der Waals surface area contributed by atoms with Crippen molar-refractivity contribution in [2.75, 3.05) is 46.4 Å². The molecule has 2 unspecified atom stereocenters. The Kier molecular flexibility index (Phi) is 8.56. The predicted octanol–water partition coefficient (Wildman–Crippen LogP) is 2.72. The Morgan fingerprint density at radius 3 is 3.00 bits per heavy atom. The minimum Gasteiger partial charge on any atom is -0.380 e. The Morgan fingerprint density at radius 2 is 2.29 bits per heavy atom. The second-order valence-electron chi connectivity index (χ2n) is 6.19. The van der Waals surface area contributed by atoms with Crippen molar-refractivity contribution in [2.24, 2.45) is 10.9 Å². The first kappa shape index (κ1) is 19.2. The van der Waals surface area contributed by atoms with Crippen LogP contribution in [-0.4, -0.2) is 57.3 Å². The minimum atomic E-state index is 0.494. The van der Waals surface area contributed by atoms with Crippen molar-refractivity contribution in [3.63, 3.8) is 0 Å². The molecule has 1 aromatic rings. The molecule has 24 heavy (non-hydrogen) atoms. The van der Waals surface area contributed by atoms with Gasteiger partial charge in [0.25, 0.3) is 0 Å². The van der Waals surface area contributed by atoms with Gasteiger partial charge in [0.2, 0.25) is 0 Å². The van der Waals surface area contributed by atoms with Gasteiger partial charge in [-0.2, -0.15) is 0 Å². The van der Waals surface area contributed by atoms with Crippen LogP contribution in [0, 0.1) is 5.92 Å². The van der Waals surface area contributed by atoms with Crippen LogP contribution in [0.2, 0.25) is 0 Å². The lowest BCUT2D eigenvalue weighted by Crippen LogP contribution is -2.41. The number of ether oxygens (including phenoxy) is 1. The van der Waals surface area contributed by atoms with E-state index in [1.54, 1.807) is 0 Å². The second kappa shape index (κ2) is 10.7. The second-order valence-corrected chi connectivity index (χ2v) is 7.17. The third-order valence-electron chi connectivity index (χ3n) is 4.41. The highest BCUT2D eigenvalue weighted by atomic mass is 32.1. The van der Waals surface area contributed by atoms with Crippen molar-refractivity contribution in [1.29, 1.82) is 0 Å². The van der Waals surface area contributed by atoms with Crippen molar-refractivity contribution in [3.8, 4) is 0 Å². The summed E-state index contributed by atoms with van der Waals surface area (Å²) in [6.07, 6.45) is 2.50. The van der Waals surface area contributed by atoms with Gasteiger partial charge in [0.15, 0.2) is 5.96 Å². The topological polar surface area (TPSA) is 48.9 Å². The van der Waals surface area contributed by atoms with E-state index in [1.165, 1.54) is 24.3 Å².